The second-order valence-corrected chi connectivity index (χ2v) is 5.65. The summed E-state index contributed by atoms with van der Waals surface area (Å²) in [5, 5.41) is 0.790. The van der Waals surface area contributed by atoms with Crippen molar-refractivity contribution < 1.29 is 0 Å². The molecule has 1 saturated carbocycles. The van der Waals surface area contributed by atoms with Crippen LogP contribution in [-0.4, -0.2) is 16.5 Å². The molecule has 4 heteroatoms. The van der Waals surface area contributed by atoms with Gasteiger partial charge in [-0.3, -0.25) is 0 Å². The number of rotatable bonds is 6. The van der Waals surface area contributed by atoms with Crippen molar-refractivity contribution in [3.8, 4) is 0 Å². The SMILES string of the molecule is Clc1cccc(N(CCC2CC2)Cc2cnc[nH]2)c1. The van der Waals surface area contributed by atoms with Crippen molar-refractivity contribution in [1.82, 2.24) is 9.97 Å². The number of nitrogens with one attached hydrogen (secondary N) is 1. The van der Waals surface area contributed by atoms with E-state index in [0.717, 1.165) is 29.7 Å². The number of aromatic nitrogens is 2. The molecule has 1 aliphatic rings. The highest BCUT2D eigenvalue weighted by Crippen LogP contribution is 2.33. The summed E-state index contributed by atoms with van der Waals surface area (Å²) in [4.78, 5) is 9.63. The minimum absolute atomic E-state index is 0.790. The molecule has 0 aliphatic heterocycles. The van der Waals surface area contributed by atoms with Gasteiger partial charge in [0.25, 0.3) is 0 Å². The normalized spacial score (nSPS) is 14.6. The first-order valence-corrected chi connectivity index (χ1v) is 7.17. The van der Waals surface area contributed by atoms with Crippen molar-refractivity contribution in [2.75, 3.05) is 11.4 Å². The lowest BCUT2D eigenvalue weighted by molar-refractivity contribution is 0.671. The third-order valence-corrected chi connectivity index (χ3v) is 3.83. The van der Waals surface area contributed by atoms with Crippen LogP contribution in [0.2, 0.25) is 5.02 Å². The minimum Gasteiger partial charge on any atom is -0.366 e. The van der Waals surface area contributed by atoms with Crippen molar-refractivity contribution in [3.63, 3.8) is 0 Å². The molecule has 1 fully saturated rings. The number of nitrogens with zero attached hydrogens (tertiary/aromatic N) is 2. The van der Waals surface area contributed by atoms with Crippen LogP contribution in [0.4, 0.5) is 5.69 Å². The molecule has 0 saturated heterocycles. The predicted molar refractivity (Wildman–Crippen MR) is 78.4 cm³/mol. The summed E-state index contributed by atoms with van der Waals surface area (Å²) in [6.07, 6.45) is 7.67. The highest BCUT2D eigenvalue weighted by molar-refractivity contribution is 6.30. The average molecular weight is 276 g/mol. The van der Waals surface area contributed by atoms with Crippen molar-refractivity contribution in [3.05, 3.63) is 47.5 Å². The molecular weight excluding hydrogens is 258 g/mol. The maximum absolute atomic E-state index is 6.10. The molecular formula is C15H18ClN3. The third-order valence-electron chi connectivity index (χ3n) is 3.59. The van der Waals surface area contributed by atoms with Crippen molar-refractivity contribution in [2.24, 2.45) is 5.92 Å². The van der Waals surface area contributed by atoms with Gasteiger partial charge in [0.15, 0.2) is 0 Å². The van der Waals surface area contributed by atoms with Gasteiger partial charge in [0.2, 0.25) is 0 Å². The molecule has 2 aromatic rings. The van der Waals surface area contributed by atoms with E-state index in [1.165, 1.54) is 24.9 Å². The lowest BCUT2D eigenvalue weighted by atomic mass is 10.2. The molecule has 0 spiro atoms. The molecule has 3 rings (SSSR count). The Morgan fingerprint density at radius 1 is 1.37 bits per heavy atom. The van der Waals surface area contributed by atoms with E-state index in [-0.39, 0.29) is 0 Å². The van der Waals surface area contributed by atoms with Crippen LogP contribution in [-0.2, 0) is 6.54 Å². The number of hydrogen-bond donors (Lipinski definition) is 1. The van der Waals surface area contributed by atoms with Crippen LogP contribution in [0.15, 0.2) is 36.8 Å². The standard InChI is InChI=1S/C15H18ClN3/c16-13-2-1-3-15(8-13)19(7-6-12-4-5-12)10-14-9-17-11-18-14/h1-3,8-9,11-12H,4-7,10H2,(H,17,18). The number of hydrogen-bond acceptors (Lipinski definition) is 2. The predicted octanol–water partition coefficient (Wildman–Crippen LogP) is 3.87. The lowest BCUT2D eigenvalue weighted by Gasteiger charge is -2.24. The first-order valence-electron chi connectivity index (χ1n) is 6.79. The summed E-state index contributed by atoms with van der Waals surface area (Å²) in [6.45, 7) is 1.93. The van der Waals surface area contributed by atoms with Gasteiger partial charge in [-0.2, -0.15) is 0 Å². The van der Waals surface area contributed by atoms with E-state index < -0.39 is 0 Å². The molecule has 1 heterocycles. The van der Waals surface area contributed by atoms with Gasteiger partial charge in [-0.05, 0) is 30.5 Å². The van der Waals surface area contributed by atoms with Gasteiger partial charge in [0.1, 0.15) is 0 Å². The van der Waals surface area contributed by atoms with Crippen molar-refractivity contribution in [1.29, 1.82) is 0 Å². The molecule has 0 atom stereocenters. The highest BCUT2D eigenvalue weighted by Gasteiger charge is 2.22. The Kier molecular flexibility index (Phi) is 3.74. The largest absolute Gasteiger partial charge is 0.366 e. The van der Waals surface area contributed by atoms with E-state index in [0.29, 0.717) is 0 Å². The van der Waals surface area contributed by atoms with Crippen LogP contribution in [0.3, 0.4) is 0 Å². The number of imidazole rings is 1. The molecule has 1 N–H and O–H groups in total. The minimum atomic E-state index is 0.790. The van der Waals surface area contributed by atoms with Gasteiger partial charge in [0.05, 0.1) is 18.6 Å². The second-order valence-electron chi connectivity index (χ2n) is 5.21. The average Bonchev–Trinajstić information content (AvgIpc) is 3.10. The Morgan fingerprint density at radius 2 is 2.26 bits per heavy atom. The molecule has 3 nitrogen and oxygen atoms in total. The Morgan fingerprint density at radius 3 is 2.95 bits per heavy atom. The van der Waals surface area contributed by atoms with Crippen molar-refractivity contribution >= 4 is 17.3 Å². The number of benzene rings is 1. The third kappa shape index (κ3) is 3.51. The number of H-pyrrole nitrogens is 1. The summed E-state index contributed by atoms with van der Waals surface area (Å²) in [7, 11) is 0. The quantitative estimate of drug-likeness (QED) is 0.868. The molecule has 0 radical (unpaired) electrons. The Labute approximate surface area is 118 Å². The van der Waals surface area contributed by atoms with Crippen LogP contribution in [0.5, 0.6) is 0 Å². The maximum atomic E-state index is 6.10. The zero-order chi connectivity index (χ0) is 13.1. The fourth-order valence-electron chi connectivity index (χ4n) is 2.29. The monoisotopic (exact) mass is 275 g/mol. The summed E-state index contributed by atoms with van der Waals surface area (Å²) in [5.74, 6) is 0.934. The molecule has 19 heavy (non-hydrogen) atoms. The summed E-state index contributed by atoms with van der Waals surface area (Å²) < 4.78 is 0. The molecule has 100 valence electrons. The van der Waals surface area contributed by atoms with Gasteiger partial charge < -0.3 is 9.88 Å². The van der Waals surface area contributed by atoms with Crippen molar-refractivity contribution in [2.45, 2.75) is 25.8 Å². The molecule has 0 bridgehead atoms. The lowest BCUT2D eigenvalue weighted by Crippen LogP contribution is -2.24. The van der Waals surface area contributed by atoms with Gasteiger partial charge in [-0.15, -0.1) is 0 Å². The van der Waals surface area contributed by atoms with Crippen LogP contribution in [0.25, 0.3) is 0 Å². The smallest absolute Gasteiger partial charge is 0.0922 e. The van der Waals surface area contributed by atoms with Crippen LogP contribution < -0.4 is 4.90 Å². The van der Waals surface area contributed by atoms with Gasteiger partial charge >= 0.3 is 0 Å². The molecule has 0 unspecified atom stereocenters. The van der Waals surface area contributed by atoms with E-state index >= 15 is 0 Å². The first-order chi connectivity index (χ1) is 9.31. The number of anilines is 1. The fourth-order valence-corrected chi connectivity index (χ4v) is 2.48. The molecule has 1 aromatic carbocycles. The van der Waals surface area contributed by atoms with E-state index in [9.17, 15) is 0 Å². The van der Waals surface area contributed by atoms with Gasteiger partial charge in [-0.1, -0.05) is 30.5 Å². The Hall–Kier alpha value is -1.48. The topological polar surface area (TPSA) is 31.9 Å². The second kappa shape index (κ2) is 5.66. The maximum Gasteiger partial charge on any atom is 0.0922 e. The number of halogens is 1. The Balaban J connectivity index is 1.73. The Bertz CT molecular complexity index is 520. The van der Waals surface area contributed by atoms with Gasteiger partial charge in [0, 0.05) is 23.5 Å². The van der Waals surface area contributed by atoms with Crippen LogP contribution in [0, 0.1) is 5.92 Å². The molecule has 1 aliphatic carbocycles. The summed E-state index contributed by atoms with van der Waals surface area (Å²) >= 11 is 6.10. The molecule has 1 aromatic heterocycles. The van der Waals surface area contributed by atoms with Crippen LogP contribution in [0.1, 0.15) is 25.0 Å². The fraction of sp³-hybridized carbons (Fsp3) is 0.400. The zero-order valence-corrected chi connectivity index (χ0v) is 11.6. The number of aromatic amines is 1. The molecule has 0 amide bonds. The summed E-state index contributed by atoms with van der Waals surface area (Å²) in [5.41, 5.74) is 2.32. The first kappa shape index (κ1) is 12.5. The van der Waals surface area contributed by atoms with Crippen LogP contribution >= 0.6 is 11.6 Å². The zero-order valence-electron chi connectivity index (χ0n) is 10.8. The van der Waals surface area contributed by atoms with E-state index in [2.05, 4.69) is 20.9 Å². The van der Waals surface area contributed by atoms with E-state index in [1.807, 2.05) is 24.4 Å². The van der Waals surface area contributed by atoms with E-state index in [4.69, 9.17) is 11.6 Å². The van der Waals surface area contributed by atoms with Gasteiger partial charge in [-0.25, -0.2) is 4.98 Å². The summed E-state index contributed by atoms with van der Waals surface area (Å²) in [6, 6.07) is 8.08. The van der Waals surface area contributed by atoms with E-state index in [1.54, 1.807) is 6.33 Å². The highest BCUT2D eigenvalue weighted by atomic mass is 35.5.